The van der Waals surface area contributed by atoms with Gasteiger partial charge >= 0.3 is 0 Å². The van der Waals surface area contributed by atoms with Crippen LogP contribution in [0, 0.1) is 29.6 Å². The van der Waals surface area contributed by atoms with Crippen LogP contribution in [0.15, 0.2) is 138 Å². The Morgan fingerprint density at radius 3 is 1.96 bits per heavy atom. The van der Waals surface area contributed by atoms with Gasteiger partial charge in [0.05, 0.1) is 34.6 Å². The summed E-state index contributed by atoms with van der Waals surface area (Å²) in [6, 6.07) is 41.7. The fourth-order valence-corrected chi connectivity index (χ4v) is 9.92. The standard InChI is InChI=1S/C52H49N5/c1-34-11-9-13-40(27-34)55(38-21-17-36(32-53)18-22-38)42-25-26-49-45(29-42)52(5,6)47-31-43(30-46-50(47)57(49)48-16-8-7-15-44(48)51(46,3)4)56(41-14-10-12-35(2)28-41)39-23-19-37(33-54)20-24-39/h7,9,11-13,15,17-27,29-31,41H,8,10,14,16,28H2,1-6H3. The van der Waals surface area contributed by atoms with E-state index in [2.05, 4.69) is 165 Å². The Balaban J connectivity index is 1.28. The van der Waals surface area contributed by atoms with Crippen molar-refractivity contribution < 1.29 is 0 Å². The van der Waals surface area contributed by atoms with Gasteiger partial charge in [0.15, 0.2) is 0 Å². The highest BCUT2D eigenvalue weighted by Crippen LogP contribution is 2.61. The van der Waals surface area contributed by atoms with Crippen molar-refractivity contribution in [2.75, 3.05) is 14.7 Å². The van der Waals surface area contributed by atoms with Gasteiger partial charge in [0, 0.05) is 51.0 Å². The summed E-state index contributed by atoms with van der Waals surface area (Å²) in [4.78, 5) is 7.50. The van der Waals surface area contributed by atoms with Gasteiger partial charge in [-0.15, -0.1) is 0 Å². The molecule has 0 N–H and O–H groups in total. The molecule has 1 unspecified atom stereocenters. The lowest BCUT2D eigenvalue weighted by Gasteiger charge is -2.51. The molecular weight excluding hydrogens is 695 g/mol. The zero-order chi connectivity index (χ0) is 39.6. The van der Waals surface area contributed by atoms with Crippen LogP contribution >= 0.6 is 0 Å². The van der Waals surface area contributed by atoms with Crippen molar-refractivity contribution in [2.24, 2.45) is 0 Å². The van der Waals surface area contributed by atoms with E-state index in [4.69, 9.17) is 0 Å². The van der Waals surface area contributed by atoms with Crippen molar-refractivity contribution in [3.63, 3.8) is 0 Å². The largest absolute Gasteiger partial charge is 0.338 e. The molecule has 2 heterocycles. The molecule has 282 valence electrons. The third kappa shape index (κ3) is 5.96. The zero-order valence-electron chi connectivity index (χ0n) is 33.9. The summed E-state index contributed by atoms with van der Waals surface area (Å²) in [5, 5.41) is 19.3. The summed E-state index contributed by atoms with van der Waals surface area (Å²) in [5.74, 6) is 0. The van der Waals surface area contributed by atoms with Gasteiger partial charge in [-0.05, 0) is 165 Å². The van der Waals surface area contributed by atoms with Crippen molar-refractivity contribution in [2.45, 2.75) is 90.5 Å². The molecule has 0 saturated carbocycles. The van der Waals surface area contributed by atoms with E-state index in [1.165, 1.54) is 56.2 Å². The fourth-order valence-electron chi connectivity index (χ4n) is 9.92. The Labute approximate surface area is 338 Å². The molecule has 0 spiro atoms. The molecule has 5 aromatic rings. The van der Waals surface area contributed by atoms with E-state index in [0.717, 1.165) is 54.9 Å². The number of hydrogen-bond acceptors (Lipinski definition) is 5. The van der Waals surface area contributed by atoms with Crippen LogP contribution in [0.3, 0.4) is 0 Å². The van der Waals surface area contributed by atoms with Crippen molar-refractivity contribution in [1.82, 2.24) is 0 Å². The van der Waals surface area contributed by atoms with E-state index in [-0.39, 0.29) is 10.8 Å². The van der Waals surface area contributed by atoms with E-state index < -0.39 is 0 Å². The predicted molar refractivity (Wildman–Crippen MR) is 234 cm³/mol. The summed E-state index contributed by atoms with van der Waals surface area (Å²) in [6.45, 7) is 14.0. The lowest BCUT2D eigenvalue weighted by Crippen LogP contribution is -2.42. The molecule has 57 heavy (non-hydrogen) atoms. The fraction of sp³-hybridized carbons (Fsp3) is 0.269. The Hall–Kier alpha value is -6.30. The third-order valence-corrected chi connectivity index (χ3v) is 12.9. The molecular formula is C52H49N5. The molecule has 0 saturated heterocycles. The molecule has 0 aromatic heterocycles. The minimum Gasteiger partial charge on any atom is -0.338 e. The monoisotopic (exact) mass is 743 g/mol. The third-order valence-electron chi connectivity index (χ3n) is 12.9. The van der Waals surface area contributed by atoms with Crippen molar-refractivity contribution >= 4 is 39.8 Å². The maximum atomic E-state index is 9.71. The second-order valence-electron chi connectivity index (χ2n) is 17.3. The summed E-state index contributed by atoms with van der Waals surface area (Å²) < 4.78 is 0. The maximum absolute atomic E-state index is 9.71. The van der Waals surface area contributed by atoms with Crippen molar-refractivity contribution in [3.05, 3.63) is 172 Å². The average molecular weight is 744 g/mol. The molecule has 9 rings (SSSR count). The molecule has 1 atom stereocenters. The molecule has 0 radical (unpaired) electrons. The highest BCUT2D eigenvalue weighted by atomic mass is 15.2. The highest BCUT2D eigenvalue weighted by molar-refractivity contribution is 5.91. The molecule has 0 amide bonds. The van der Waals surface area contributed by atoms with Crippen LogP contribution in [-0.4, -0.2) is 6.04 Å². The number of rotatable bonds is 6. The van der Waals surface area contributed by atoms with Gasteiger partial charge in [0.25, 0.3) is 0 Å². The van der Waals surface area contributed by atoms with Crippen LogP contribution in [0.4, 0.5) is 39.8 Å². The number of benzene rings is 5. The number of fused-ring (bicyclic) bond motifs is 3. The lowest BCUT2D eigenvalue weighted by molar-refractivity contribution is 0.562. The topological polar surface area (TPSA) is 57.3 Å². The minimum absolute atomic E-state index is 0.216. The second-order valence-corrected chi connectivity index (χ2v) is 17.3. The SMILES string of the molecule is CC1=CCCC(N(c2ccc(C#N)cc2)c2cc3c4c(c2)C(C)(C)c2cc(N(c5ccc(C#N)cc5)c5cccc(C)c5)ccc2N4C2=C(C=CCC2)C3(C)C)C1. The van der Waals surface area contributed by atoms with Gasteiger partial charge in [0.1, 0.15) is 0 Å². The van der Waals surface area contributed by atoms with Gasteiger partial charge in [-0.3, -0.25) is 0 Å². The summed E-state index contributed by atoms with van der Waals surface area (Å²) in [5.41, 5.74) is 18.2. The van der Waals surface area contributed by atoms with E-state index >= 15 is 0 Å². The predicted octanol–water partition coefficient (Wildman–Crippen LogP) is 13.5. The van der Waals surface area contributed by atoms with Gasteiger partial charge < -0.3 is 14.7 Å². The van der Waals surface area contributed by atoms with Gasteiger partial charge in [-0.2, -0.15) is 10.5 Å². The Morgan fingerprint density at radius 2 is 1.30 bits per heavy atom. The van der Waals surface area contributed by atoms with E-state index in [1.54, 1.807) is 0 Å². The maximum Gasteiger partial charge on any atom is 0.0991 e. The van der Waals surface area contributed by atoms with Crippen LogP contribution in [0.2, 0.25) is 0 Å². The number of hydrogen-bond donors (Lipinski definition) is 0. The Kier molecular flexibility index (Phi) is 8.75. The van der Waals surface area contributed by atoms with Crippen LogP contribution in [0.1, 0.15) is 100 Å². The lowest BCUT2D eigenvalue weighted by atomic mass is 9.65. The number of aryl methyl sites for hydroxylation is 1. The van der Waals surface area contributed by atoms with Gasteiger partial charge in [-0.1, -0.05) is 63.6 Å². The first-order chi connectivity index (χ1) is 27.5. The van der Waals surface area contributed by atoms with Crippen molar-refractivity contribution in [1.29, 1.82) is 10.5 Å². The Morgan fingerprint density at radius 1 is 0.667 bits per heavy atom. The van der Waals surface area contributed by atoms with E-state index in [0.29, 0.717) is 17.2 Å². The second kappa shape index (κ2) is 13.7. The molecule has 0 bridgehead atoms. The van der Waals surface area contributed by atoms with Crippen LogP contribution in [0.5, 0.6) is 0 Å². The summed E-state index contributed by atoms with van der Waals surface area (Å²) >= 11 is 0. The average Bonchev–Trinajstić information content (AvgIpc) is 3.22. The Bertz CT molecular complexity index is 2610. The quantitative estimate of drug-likeness (QED) is 0.162. The summed E-state index contributed by atoms with van der Waals surface area (Å²) in [6.07, 6.45) is 12.3. The van der Waals surface area contributed by atoms with E-state index in [9.17, 15) is 10.5 Å². The highest BCUT2D eigenvalue weighted by Gasteiger charge is 2.47. The molecule has 5 heteroatoms. The smallest absolute Gasteiger partial charge is 0.0991 e. The first kappa shape index (κ1) is 36.3. The minimum atomic E-state index is -0.359. The van der Waals surface area contributed by atoms with Gasteiger partial charge in [-0.25, -0.2) is 0 Å². The first-order valence-electron chi connectivity index (χ1n) is 20.4. The zero-order valence-corrected chi connectivity index (χ0v) is 33.9. The number of nitriles is 2. The summed E-state index contributed by atoms with van der Waals surface area (Å²) in [7, 11) is 0. The molecule has 5 nitrogen and oxygen atoms in total. The number of nitrogens with zero attached hydrogens (tertiary/aromatic N) is 5. The normalized spacial score (nSPS) is 18.4. The van der Waals surface area contributed by atoms with Crippen molar-refractivity contribution in [3.8, 4) is 12.1 Å². The molecule has 2 aliphatic carbocycles. The first-order valence-corrected chi connectivity index (χ1v) is 20.4. The van der Waals surface area contributed by atoms with E-state index in [1.807, 2.05) is 24.3 Å². The van der Waals surface area contributed by atoms with Gasteiger partial charge in [0.2, 0.25) is 0 Å². The molecule has 2 aliphatic heterocycles. The number of anilines is 7. The molecule has 5 aromatic carbocycles. The molecule has 4 aliphatic rings. The van der Waals surface area contributed by atoms with Crippen LogP contribution in [0.25, 0.3) is 0 Å². The molecule has 0 fully saturated rings. The van der Waals surface area contributed by atoms with Crippen LogP contribution < -0.4 is 14.7 Å². The number of allylic oxidation sites excluding steroid dienone is 5. The van der Waals surface area contributed by atoms with Crippen LogP contribution in [-0.2, 0) is 10.8 Å².